The minimum absolute atomic E-state index is 0.0532. The van der Waals surface area contributed by atoms with Gasteiger partial charge in [0.25, 0.3) is 10.0 Å². The number of carboxylic acid groups (broad SMARTS) is 1. The van der Waals surface area contributed by atoms with E-state index in [4.69, 9.17) is 11.6 Å². The van der Waals surface area contributed by atoms with Gasteiger partial charge in [0.05, 0.1) is 5.57 Å². The summed E-state index contributed by atoms with van der Waals surface area (Å²) in [7, 11) is -3.56. The molecule has 1 aliphatic rings. The number of benzene rings is 1. The number of hydrogen-bond acceptors (Lipinski definition) is 4. The Balaban J connectivity index is 1.93. The van der Waals surface area contributed by atoms with Crippen molar-refractivity contribution >= 4 is 50.6 Å². The first kappa shape index (κ1) is 19.1. The molecule has 0 atom stereocenters. The first-order valence-electron chi connectivity index (χ1n) is 8.19. The fraction of sp³-hybridized carbons (Fsp3) is 0.278. The van der Waals surface area contributed by atoms with Gasteiger partial charge in [0, 0.05) is 23.0 Å². The third kappa shape index (κ3) is 4.17. The quantitative estimate of drug-likeness (QED) is 0.748. The molecule has 5 nitrogen and oxygen atoms in total. The fourth-order valence-corrected chi connectivity index (χ4v) is 5.91. The average Bonchev–Trinajstić information content (AvgIpc) is 3.12. The molecule has 0 spiro atoms. The SMILES string of the molecule is O=C(O)C(=Cc1ccc(Cl)cc1)c1ccc(S(=O)(=O)N2CCCCC2)s1. The van der Waals surface area contributed by atoms with Crippen LogP contribution in [0.4, 0.5) is 0 Å². The molecule has 8 heteroatoms. The predicted octanol–water partition coefficient (Wildman–Crippen LogP) is 4.20. The Morgan fingerprint density at radius 1 is 1.08 bits per heavy atom. The van der Waals surface area contributed by atoms with Crippen molar-refractivity contribution in [2.45, 2.75) is 23.5 Å². The molecule has 0 amide bonds. The van der Waals surface area contributed by atoms with Crippen LogP contribution in [0.1, 0.15) is 29.7 Å². The lowest BCUT2D eigenvalue weighted by Crippen LogP contribution is -2.35. The zero-order valence-electron chi connectivity index (χ0n) is 13.9. The highest BCUT2D eigenvalue weighted by atomic mass is 35.5. The molecule has 0 radical (unpaired) electrons. The zero-order chi connectivity index (χ0) is 18.7. The number of carbonyl (C=O) groups is 1. The monoisotopic (exact) mass is 411 g/mol. The Hall–Kier alpha value is -1.67. The van der Waals surface area contributed by atoms with Crippen LogP contribution in [0.3, 0.4) is 0 Å². The number of sulfonamides is 1. The Morgan fingerprint density at radius 2 is 1.73 bits per heavy atom. The van der Waals surface area contributed by atoms with Crippen molar-refractivity contribution in [1.82, 2.24) is 4.31 Å². The number of rotatable bonds is 5. The highest BCUT2D eigenvalue weighted by Crippen LogP contribution is 2.32. The van der Waals surface area contributed by atoms with Crippen molar-refractivity contribution in [3.63, 3.8) is 0 Å². The lowest BCUT2D eigenvalue weighted by Gasteiger charge is -2.25. The minimum Gasteiger partial charge on any atom is -0.478 e. The van der Waals surface area contributed by atoms with E-state index >= 15 is 0 Å². The highest BCUT2D eigenvalue weighted by Gasteiger charge is 2.28. The lowest BCUT2D eigenvalue weighted by atomic mass is 10.1. The summed E-state index contributed by atoms with van der Waals surface area (Å²) in [5.41, 5.74) is 0.734. The van der Waals surface area contributed by atoms with Crippen LogP contribution in [0.5, 0.6) is 0 Å². The second-order valence-corrected chi connectivity index (χ2v) is 9.68. The topological polar surface area (TPSA) is 74.7 Å². The van der Waals surface area contributed by atoms with Crippen molar-refractivity contribution < 1.29 is 18.3 Å². The molecule has 1 N–H and O–H groups in total. The summed E-state index contributed by atoms with van der Waals surface area (Å²) in [6.45, 7) is 1.03. The van der Waals surface area contributed by atoms with Crippen LogP contribution >= 0.6 is 22.9 Å². The standard InChI is InChI=1S/C18H18ClNO4S2/c19-14-6-4-13(5-7-14)12-15(18(21)22)16-8-9-17(25-16)26(23,24)20-10-2-1-3-11-20/h4-9,12H,1-3,10-11H2,(H,21,22). The fourth-order valence-electron chi connectivity index (χ4n) is 2.80. The Labute approximate surface area is 161 Å². The maximum atomic E-state index is 12.7. The maximum Gasteiger partial charge on any atom is 0.337 e. The van der Waals surface area contributed by atoms with Crippen LogP contribution < -0.4 is 0 Å². The largest absolute Gasteiger partial charge is 0.478 e. The number of piperidine rings is 1. The molecular formula is C18H18ClNO4S2. The molecule has 1 aromatic carbocycles. The maximum absolute atomic E-state index is 12.7. The number of carboxylic acids is 1. The average molecular weight is 412 g/mol. The van der Waals surface area contributed by atoms with Gasteiger partial charge in [-0.05, 0) is 48.7 Å². The van der Waals surface area contributed by atoms with Crippen LogP contribution in [-0.4, -0.2) is 36.9 Å². The Morgan fingerprint density at radius 3 is 2.35 bits per heavy atom. The molecule has 0 unspecified atom stereocenters. The second-order valence-electron chi connectivity index (χ2n) is 6.00. The van der Waals surface area contributed by atoms with E-state index in [0.717, 1.165) is 30.6 Å². The van der Waals surface area contributed by atoms with E-state index in [1.807, 2.05) is 0 Å². The minimum atomic E-state index is -3.56. The second kappa shape index (κ2) is 7.92. The summed E-state index contributed by atoms with van der Waals surface area (Å²) in [4.78, 5) is 12.1. The van der Waals surface area contributed by atoms with Gasteiger partial charge >= 0.3 is 5.97 Å². The molecule has 0 bridgehead atoms. The van der Waals surface area contributed by atoms with Crippen molar-refractivity contribution in [2.75, 3.05) is 13.1 Å². The normalized spacial score (nSPS) is 16.6. The first-order valence-corrected chi connectivity index (χ1v) is 10.8. The molecule has 26 heavy (non-hydrogen) atoms. The van der Waals surface area contributed by atoms with Crippen molar-refractivity contribution in [3.8, 4) is 0 Å². The number of halogens is 1. The van der Waals surface area contributed by atoms with Crippen molar-refractivity contribution in [3.05, 3.63) is 51.9 Å². The zero-order valence-corrected chi connectivity index (χ0v) is 16.3. The summed E-state index contributed by atoms with van der Waals surface area (Å²) in [5, 5.41) is 10.1. The molecule has 138 valence electrons. The van der Waals surface area contributed by atoms with E-state index in [1.165, 1.54) is 16.4 Å². The highest BCUT2D eigenvalue weighted by molar-refractivity contribution is 7.91. The van der Waals surface area contributed by atoms with Crippen LogP contribution in [0, 0.1) is 0 Å². The van der Waals surface area contributed by atoms with E-state index in [1.54, 1.807) is 30.3 Å². The summed E-state index contributed by atoms with van der Waals surface area (Å²) in [6, 6.07) is 9.82. The molecule has 2 aromatic rings. The van der Waals surface area contributed by atoms with Crippen molar-refractivity contribution in [1.29, 1.82) is 0 Å². The molecule has 2 heterocycles. The van der Waals surface area contributed by atoms with Gasteiger partial charge in [0.15, 0.2) is 0 Å². The first-order chi connectivity index (χ1) is 12.4. The Bertz CT molecular complexity index is 926. The summed E-state index contributed by atoms with van der Waals surface area (Å²) in [6.07, 6.45) is 4.26. The van der Waals surface area contributed by atoms with Gasteiger partial charge < -0.3 is 5.11 Å². The third-order valence-corrected chi connectivity index (χ3v) is 7.90. The predicted molar refractivity (Wildman–Crippen MR) is 104 cm³/mol. The Kier molecular flexibility index (Phi) is 5.82. The smallest absolute Gasteiger partial charge is 0.337 e. The van der Waals surface area contributed by atoms with Gasteiger partial charge in [-0.15, -0.1) is 11.3 Å². The van der Waals surface area contributed by atoms with E-state index in [0.29, 0.717) is 28.6 Å². The van der Waals surface area contributed by atoms with E-state index < -0.39 is 16.0 Å². The van der Waals surface area contributed by atoms with E-state index in [-0.39, 0.29) is 9.78 Å². The van der Waals surface area contributed by atoms with Crippen LogP contribution in [0.2, 0.25) is 5.02 Å². The number of nitrogens with zero attached hydrogens (tertiary/aromatic N) is 1. The summed E-state index contributed by atoms with van der Waals surface area (Å²) in [5.74, 6) is -1.11. The van der Waals surface area contributed by atoms with E-state index in [2.05, 4.69) is 0 Å². The summed E-state index contributed by atoms with van der Waals surface area (Å²) < 4.78 is 27.1. The third-order valence-electron chi connectivity index (χ3n) is 4.17. The van der Waals surface area contributed by atoms with Crippen LogP contribution in [-0.2, 0) is 14.8 Å². The molecule has 1 aromatic heterocycles. The van der Waals surface area contributed by atoms with Gasteiger partial charge in [0.1, 0.15) is 4.21 Å². The molecule has 0 saturated carbocycles. The molecule has 3 rings (SSSR count). The number of thiophene rings is 1. The van der Waals surface area contributed by atoms with Gasteiger partial charge in [-0.3, -0.25) is 0 Å². The van der Waals surface area contributed by atoms with Crippen molar-refractivity contribution in [2.24, 2.45) is 0 Å². The van der Waals surface area contributed by atoms with Gasteiger partial charge in [-0.25, -0.2) is 13.2 Å². The number of aliphatic carboxylic acids is 1. The van der Waals surface area contributed by atoms with Gasteiger partial charge in [0.2, 0.25) is 0 Å². The lowest BCUT2D eigenvalue weighted by molar-refractivity contribution is -0.130. The number of hydrogen-bond donors (Lipinski definition) is 1. The molecule has 0 aliphatic carbocycles. The van der Waals surface area contributed by atoms with Gasteiger partial charge in [-0.1, -0.05) is 30.2 Å². The molecular weight excluding hydrogens is 394 g/mol. The van der Waals surface area contributed by atoms with E-state index in [9.17, 15) is 18.3 Å². The van der Waals surface area contributed by atoms with Crippen LogP contribution in [0.25, 0.3) is 11.6 Å². The molecule has 1 saturated heterocycles. The van der Waals surface area contributed by atoms with Gasteiger partial charge in [-0.2, -0.15) is 4.31 Å². The summed E-state index contributed by atoms with van der Waals surface area (Å²) >= 11 is 6.84. The van der Waals surface area contributed by atoms with Crippen LogP contribution in [0.15, 0.2) is 40.6 Å². The molecule has 1 aliphatic heterocycles. The molecule has 1 fully saturated rings.